The molecule has 5 nitrogen and oxygen atoms in total. The summed E-state index contributed by atoms with van der Waals surface area (Å²) in [4.78, 5) is 13.3. The molecule has 1 N–H and O–H groups in total. The van der Waals surface area contributed by atoms with Gasteiger partial charge in [-0.2, -0.15) is 4.31 Å². The highest BCUT2D eigenvalue weighted by atomic mass is 32.2. The van der Waals surface area contributed by atoms with E-state index >= 15 is 0 Å². The lowest BCUT2D eigenvalue weighted by Crippen LogP contribution is -2.47. The Labute approximate surface area is 186 Å². The molecule has 0 aliphatic carbocycles. The van der Waals surface area contributed by atoms with E-state index in [1.54, 1.807) is 0 Å². The van der Waals surface area contributed by atoms with Gasteiger partial charge in [0.25, 0.3) is 0 Å². The molecule has 1 heterocycles. The van der Waals surface area contributed by atoms with Gasteiger partial charge in [0.05, 0.1) is 10.8 Å². The van der Waals surface area contributed by atoms with E-state index in [2.05, 4.69) is 17.4 Å². The second-order valence-electron chi connectivity index (χ2n) is 8.86. The summed E-state index contributed by atoms with van der Waals surface area (Å²) in [7, 11) is -3.63. The highest BCUT2D eigenvalue weighted by Crippen LogP contribution is 2.29. The van der Waals surface area contributed by atoms with Crippen molar-refractivity contribution in [3.05, 3.63) is 64.7 Å². The summed E-state index contributed by atoms with van der Waals surface area (Å²) in [5.41, 5.74) is 3.83. The van der Waals surface area contributed by atoms with E-state index in [4.69, 9.17) is 0 Å². The first kappa shape index (κ1) is 23.5. The van der Waals surface area contributed by atoms with E-state index in [0.29, 0.717) is 17.9 Å². The fourth-order valence-corrected chi connectivity index (χ4v) is 6.47. The number of benzene rings is 2. The van der Waals surface area contributed by atoms with Crippen LogP contribution in [0.15, 0.2) is 47.4 Å². The molecule has 0 saturated carbocycles. The second kappa shape index (κ2) is 9.96. The van der Waals surface area contributed by atoms with Crippen molar-refractivity contribution in [2.24, 2.45) is 5.92 Å². The molecule has 6 heteroatoms. The van der Waals surface area contributed by atoms with Crippen LogP contribution in [0.1, 0.15) is 48.4 Å². The number of carbonyl (C=O) groups excluding carboxylic acids is 1. The SMILES string of the molecule is Cc1cc(C)c(S(=O)(=O)N2CCC[C@@H](C(=O)N[C@@H](C)CCc3ccccc3)C2)c(C)c1. The summed E-state index contributed by atoms with van der Waals surface area (Å²) >= 11 is 0. The minimum atomic E-state index is -3.63. The maximum atomic E-state index is 13.4. The average Bonchev–Trinajstić information content (AvgIpc) is 2.72. The van der Waals surface area contributed by atoms with Gasteiger partial charge in [0.1, 0.15) is 0 Å². The van der Waals surface area contributed by atoms with Crippen molar-refractivity contribution in [3.8, 4) is 0 Å². The van der Waals surface area contributed by atoms with E-state index in [0.717, 1.165) is 36.0 Å². The first-order valence-electron chi connectivity index (χ1n) is 11.1. The topological polar surface area (TPSA) is 66.5 Å². The summed E-state index contributed by atoms with van der Waals surface area (Å²) in [5, 5.41) is 3.10. The van der Waals surface area contributed by atoms with Gasteiger partial charge in [0, 0.05) is 19.1 Å². The number of carbonyl (C=O) groups is 1. The number of piperidine rings is 1. The molecule has 0 aromatic heterocycles. The standard InChI is InChI=1S/C25H34N2O3S/c1-18-15-19(2)24(20(3)16-18)31(29,30)27-14-8-11-23(17-27)25(28)26-21(4)12-13-22-9-6-5-7-10-22/h5-7,9-10,15-16,21,23H,8,11-14,17H2,1-4H3,(H,26,28)/t21-,23+/m0/s1. The summed E-state index contributed by atoms with van der Waals surface area (Å²) < 4.78 is 28.3. The Kier molecular flexibility index (Phi) is 7.55. The number of amides is 1. The van der Waals surface area contributed by atoms with Crippen LogP contribution in [0.2, 0.25) is 0 Å². The number of hydrogen-bond acceptors (Lipinski definition) is 3. The minimum Gasteiger partial charge on any atom is -0.353 e. The van der Waals surface area contributed by atoms with Gasteiger partial charge in [0.2, 0.25) is 15.9 Å². The van der Waals surface area contributed by atoms with Crippen LogP contribution in [-0.4, -0.2) is 37.8 Å². The Hall–Kier alpha value is -2.18. The minimum absolute atomic E-state index is 0.0428. The van der Waals surface area contributed by atoms with Gasteiger partial charge in [0.15, 0.2) is 0 Å². The van der Waals surface area contributed by atoms with E-state index in [1.807, 2.05) is 58.0 Å². The molecular formula is C25H34N2O3S. The van der Waals surface area contributed by atoms with Crippen molar-refractivity contribution in [1.29, 1.82) is 0 Å². The number of nitrogens with one attached hydrogen (secondary N) is 1. The lowest BCUT2D eigenvalue weighted by Gasteiger charge is -2.32. The highest BCUT2D eigenvalue weighted by molar-refractivity contribution is 7.89. The molecule has 3 rings (SSSR count). The average molecular weight is 443 g/mol. The summed E-state index contributed by atoms with van der Waals surface area (Å²) in [6.45, 7) is 8.37. The highest BCUT2D eigenvalue weighted by Gasteiger charge is 2.35. The van der Waals surface area contributed by atoms with Crippen LogP contribution in [0.3, 0.4) is 0 Å². The van der Waals surface area contributed by atoms with Gasteiger partial charge in [-0.25, -0.2) is 8.42 Å². The van der Waals surface area contributed by atoms with Gasteiger partial charge < -0.3 is 5.32 Å². The van der Waals surface area contributed by atoms with Crippen LogP contribution >= 0.6 is 0 Å². The Morgan fingerprint density at radius 1 is 1.13 bits per heavy atom. The zero-order valence-corrected chi connectivity index (χ0v) is 19.8. The monoisotopic (exact) mass is 442 g/mol. The quantitative estimate of drug-likeness (QED) is 0.700. The molecule has 31 heavy (non-hydrogen) atoms. The molecule has 1 aliphatic heterocycles. The third-order valence-corrected chi connectivity index (χ3v) is 8.23. The van der Waals surface area contributed by atoms with Gasteiger partial charge in [-0.05, 0) is 70.1 Å². The van der Waals surface area contributed by atoms with Gasteiger partial charge in [-0.1, -0.05) is 48.0 Å². The van der Waals surface area contributed by atoms with Crippen molar-refractivity contribution >= 4 is 15.9 Å². The largest absolute Gasteiger partial charge is 0.353 e. The number of aryl methyl sites for hydroxylation is 4. The molecule has 0 radical (unpaired) electrons. The van der Waals surface area contributed by atoms with E-state index < -0.39 is 10.0 Å². The third-order valence-electron chi connectivity index (χ3n) is 6.05. The Balaban J connectivity index is 1.64. The van der Waals surface area contributed by atoms with E-state index in [9.17, 15) is 13.2 Å². The molecule has 1 saturated heterocycles. The zero-order chi connectivity index (χ0) is 22.6. The predicted octanol–water partition coefficient (Wildman–Crippen LogP) is 4.15. The van der Waals surface area contributed by atoms with Crippen LogP contribution in [0.5, 0.6) is 0 Å². The first-order chi connectivity index (χ1) is 14.7. The molecule has 1 aliphatic rings. The smallest absolute Gasteiger partial charge is 0.243 e. The van der Waals surface area contributed by atoms with Crippen molar-refractivity contribution in [3.63, 3.8) is 0 Å². The fraction of sp³-hybridized carbons (Fsp3) is 0.480. The van der Waals surface area contributed by atoms with Crippen LogP contribution in [0.4, 0.5) is 0 Å². The van der Waals surface area contributed by atoms with Gasteiger partial charge in [-0.15, -0.1) is 0 Å². The van der Waals surface area contributed by atoms with Crippen molar-refractivity contribution < 1.29 is 13.2 Å². The summed E-state index contributed by atoms with van der Waals surface area (Å²) in [5.74, 6) is -0.355. The number of sulfonamides is 1. The van der Waals surface area contributed by atoms with Crippen LogP contribution in [-0.2, 0) is 21.2 Å². The maximum absolute atomic E-state index is 13.4. The molecular weight excluding hydrogens is 408 g/mol. The number of rotatable bonds is 7. The van der Waals surface area contributed by atoms with Gasteiger partial charge >= 0.3 is 0 Å². The van der Waals surface area contributed by atoms with Crippen LogP contribution < -0.4 is 5.32 Å². The number of hydrogen-bond donors (Lipinski definition) is 1. The molecule has 2 aromatic rings. The summed E-state index contributed by atoms with van der Waals surface area (Å²) in [6.07, 6.45) is 3.17. The lowest BCUT2D eigenvalue weighted by atomic mass is 9.98. The number of nitrogens with zero attached hydrogens (tertiary/aromatic N) is 1. The van der Waals surface area contributed by atoms with Crippen LogP contribution in [0, 0.1) is 26.7 Å². The van der Waals surface area contributed by atoms with E-state index in [-0.39, 0.29) is 24.4 Å². The molecule has 1 amide bonds. The Morgan fingerprint density at radius 2 is 1.77 bits per heavy atom. The van der Waals surface area contributed by atoms with Crippen molar-refractivity contribution in [1.82, 2.24) is 9.62 Å². The molecule has 2 atom stereocenters. The molecule has 0 bridgehead atoms. The predicted molar refractivity (Wildman–Crippen MR) is 125 cm³/mol. The molecule has 0 unspecified atom stereocenters. The Bertz CT molecular complexity index is 995. The molecule has 0 spiro atoms. The van der Waals surface area contributed by atoms with Crippen LogP contribution in [0.25, 0.3) is 0 Å². The maximum Gasteiger partial charge on any atom is 0.243 e. The molecule has 1 fully saturated rings. The van der Waals surface area contributed by atoms with Crippen molar-refractivity contribution in [2.75, 3.05) is 13.1 Å². The van der Waals surface area contributed by atoms with Crippen molar-refractivity contribution in [2.45, 2.75) is 64.3 Å². The molecule has 168 valence electrons. The second-order valence-corrected chi connectivity index (χ2v) is 10.7. The normalized spacial score (nSPS) is 18.5. The van der Waals surface area contributed by atoms with E-state index in [1.165, 1.54) is 9.87 Å². The third kappa shape index (κ3) is 5.74. The van der Waals surface area contributed by atoms with Gasteiger partial charge in [-0.3, -0.25) is 4.79 Å². The zero-order valence-electron chi connectivity index (χ0n) is 19.0. The lowest BCUT2D eigenvalue weighted by molar-refractivity contribution is -0.126. The first-order valence-corrected chi connectivity index (χ1v) is 12.5. The Morgan fingerprint density at radius 3 is 2.42 bits per heavy atom. The molecule has 2 aromatic carbocycles. The summed E-state index contributed by atoms with van der Waals surface area (Å²) in [6, 6.07) is 14.1. The fourth-order valence-electron chi connectivity index (χ4n) is 4.54.